The van der Waals surface area contributed by atoms with Crippen molar-refractivity contribution in [1.29, 1.82) is 5.26 Å². The molecular formula is C28H22N4O. The SMILES string of the molecule is CCc1cccc(-c2nc3c(c(C)nn3-c3ccccc3)c(-c3ccccc3O)c2C#N)c1. The van der Waals surface area contributed by atoms with Crippen molar-refractivity contribution in [3.8, 4) is 39.9 Å². The number of hydrogen-bond acceptors (Lipinski definition) is 4. The number of aromatic hydroxyl groups is 1. The van der Waals surface area contributed by atoms with Crippen molar-refractivity contribution in [3.63, 3.8) is 0 Å². The van der Waals surface area contributed by atoms with Crippen LogP contribution in [-0.2, 0) is 6.42 Å². The highest BCUT2D eigenvalue weighted by Crippen LogP contribution is 2.41. The van der Waals surface area contributed by atoms with Gasteiger partial charge in [-0.25, -0.2) is 9.67 Å². The lowest BCUT2D eigenvalue weighted by Gasteiger charge is -2.14. The molecule has 5 aromatic rings. The summed E-state index contributed by atoms with van der Waals surface area (Å²) >= 11 is 0. The maximum atomic E-state index is 10.7. The lowest BCUT2D eigenvalue weighted by atomic mass is 9.92. The summed E-state index contributed by atoms with van der Waals surface area (Å²) in [6.07, 6.45) is 0.880. The van der Waals surface area contributed by atoms with Gasteiger partial charge in [-0.05, 0) is 43.2 Å². The summed E-state index contributed by atoms with van der Waals surface area (Å²) in [7, 11) is 0. The third-order valence-electron chi connectivity index (χ3n) is 5.89. The van der Waals surface area contributed by atoms with Gasteiger partial charge in [0, 0.05) is 16.7 Å². The zero-order valence-corrected chi connectivity index (χ0v) is 18.4. The fraction of sp³-hybridized carbons (Fsp3) is 0.107. The molecule has 160 valence electrons. The van der Waals surface area contributed by atoms with Gasteiger partial charge < -0.3 is 5.11 Å². The number of nitriles is 1. The number of aryl methyl sites for hydroxylation is 2. The molecule has 33 heavy (non-hydrogen) atoms. The van der Waals surface area contributed by atoms with Gasteiger partial charge in [0.15, 0.2) is 5.65 Å². The van der Waals surface area contributed by atoms with Crippen LogP contribution >= 0.6 is 0 Å². The molecule has 0 spiro atoms. The zero-order chi connectivity index (χ0) is 22.9. The molecule has 0 amide bonds. The molecular weight excluding hydrogens is 408 g/mol. The average molecular weight is 431 g/mol. The highest BCUT2D eigenvalue weighted by Gasteiger charge is 2.24. The number of aromatic nitrogens is 3. The topological polar surface area (TPSA) is 74.7 Å². The van der Waals surface area contributed by atoms with Gasteiger partial charge in [0.1, 0.15) is 11.8 Å². The smallest absolute Gasteiger partial charge is 0.164 e. The highest BCUT2D eigenvalue weighted by atomic mass is 16.3. The van der Waals surface area contributed by atoms with Gasteiger partial charge in [0.25, 0.3) is 0 Å². The van der Waals surface area contributed by atoms with Crippen LogP contribution in [0.3, 0.4) is 0 Å². The van der Waals surface area contributed by atoms with Gasteiger partial charge in [-0.2, -0.15) is 10.4 Å². The van der Waals surface area contributed by atoms with E-state index in [1.54, 1.807) is 12.1 Å². The van der Waals surface area contributed by atoms with Gasteiger partial charge in [-0.15, -0.1) is 0 Å². The van der Waals surface area contributed by atoms with Gasteiger partial charge in [0.2, 0.25) is 0 Å². The number of fused-ring (bicyclic) bond motifs is 1. The number of phenolic OH excluding ortho intramolecular Hbond substituents is 1. The minimum Gasteiger partial charge on any atom is -0.507 e. The first-order valence-electron chi connectivity index (χ1n) is 10.9. The van der Waals surface area contributed by atoms with Crippen LogP contribution in [0.15, 0.2) is 78.9 Å². The maximum absolute atomic E-state index is 10.7. The molecule has 0 atom stereocenters. The molecule has 0 unspecified atom stereocenters. The van der Waals surface area contributed by atoms with Crippen LogP contribution in [0.25, 0.3) is 39.1 Å². The van der Waals surface area contributed by atoms with Crippen molar-refractivity contribution in [2.24, 2.45) is 0 Å². The molecule has 2 aromatic heterocycles. The molecule has 3 aromatic carbocycles. The second kappa shape index (κ2) is 8.25. The lowest BCUT2D eigenvalue weighted by molar-refractivity contribution is 0.477. The minimum absolute atomic E-state index is 0.113. The zero-order valence-electron chi connectivity index (χ0n) is 18.4. The van der Waals surface area contributed by atoms with Crippen LogP contribution in [0.4, 0.5) is 0 Å². The molecule has 0 saturated carbocycles. The summed E-state index contributed by atoms with van der Waals surface area (Å²) in [5.41, 5.74) is 6.53. The molecule has 0 aliphatic heterocycles. The molecule has 5 rings (SSSR count). The first kappa shape index (κ1) is 20.5. The number of nitrogens with zero attached hydrogens (tertiary/aromatic N) is 4. The van der Waals surface area contributed by atoms with E-state index in [0.29, 0.717) is 28.0 Å². The van der Waals surface area contributed by atoms with E-state index in [1.165, 1.54) is 0 Å². The van der Waals surface area contributed by atoms with E-state index >= 15 is 0 Å². The van der Waals surface area contributed by atoms with Crippen molar-refractivity contribution in [3.05, 3.63) is 95.7 Å². The Labute approximate surface area is 192 Å². The first-order valence-corrected chi connectivity index (χ1v) is 10.9. The number of pyridine rings is 1. The molecule has 0 fully saturated rings. The number of hydrogen-bond donors (Lipinski definition) is 1. The van der Waals surface area contributed by atoms with Crippen molar-refractivity contribution in [2.75, 3.05) is 0 Å². The quantitative estimate of drug-likeness (QED) is 0.368. The molecule has 1 N–H and O–H groups in total. The summed E-state index contributed by atoms with van der Waals surface area (Å²) in [5.74, 6) is 0.113. The average Bonchev–Trinajstić information content (AvgIpc) is 3.20. The fourth-order valence-corrected chi connectivity index (χ4v) is 4.28. The Kier molecular flexibility index (Phi) is 5.12. The Bertz CT molecular complexity index is 1530. The minimum atomic E-state index is 0.113. The molecule has 0 aliphatic rings. The Morgan fingerprint density at radius 3 is 2.45 bits per heavy atom. The Balaban J connectivity index is 1.96. The standard InChI is InChI=1S/C28H22N4O/c1-3-19-10-9-11-20(16-19)27-23(17-29)26(22-14-7-8-15-24(22)33)25-18(2)31-32(28(25)30-27)21-12-5-4-6-13-21/h4-16,33H,3H2,1-2H3. The Morgan fingerprint density at radius 2 is 1.73 bits per heavy atom. The number of phenols is 1. The number of para-hydroxylation sites is 2. The summed E-state index contributed by atoms with van der Waals surface area (Å²) in [5, 5.41) is 26.6. The van der Waals surface area contributed by atoms with E-state index in [2.05, 4.69) is 25.1 Å². The van der Waals surface area contributed by atoms with E-state index in [4.69, 9.17) is 10.1 Å². The van der Waals surface area contributed by atoms with E-state index in [-0.39, 0.29) is 5.75 Å². The normalized spacial score (nSPS) is 10.9. The van der Waals surface area contributed by atoms with Crippen molar-refractivity contribution in [2.45, 2.75) is 20.3 Å². The fourth-order valence-electron chi connectivity index (χ4n) is 4.28. The molecule has 5 nitrogen and oxygen atoms in total. The molecule has 0 aliphatic carbocycles. The van der Waals surface area contributed by atoms with Crippen molar-refractivity contribution >= 4 is 11.0 Å². The molecule has 0 bridgehead atoms. The second-order valence-electron chi connectivity index (χ2n) is 7.92. The maximum Gasteiger partial charge on any atom is 0.164 e. The predicted molar refractivity (Wildman–Crippen MR) is 130 cm³/mol. The van der Waals surface area contributed by atoms with Gasteiger partial charge in [-0.1, -0.05) is 61.5 Å². The monoisotopic (exact) mass is 430 g/mol. The van der Waals surface area contributed by atoms with Crippen LogP contribution in [0, 0.1) is 18.3 Å². The number of benzene rings is 3. The second-order valence-corrected chi connectivity index (χ2v) is 7.92. The van der Waals surface area contributed by atoms with E-state index in [9.17, 15) is 10.4 Å². The van der Waals surface area contributed by atoms with E-state index in [0.717, 1.165) is 34.3 Å². The summed E-state index contributed by atoms with van der Waals surface area (Å²) < 4.78 is 1.81. The van der Waals surface area contributed by atoms with Gasteiger partial charge in [-0.3, -0.25) is 0 Å². The van der Waals surface area contributed by atoms with Crippen LogP contribution in [0.5, 0.6) is 5.75 Å². The van der Waals surface area contributed by atoms with Crippen LogP contribution < -0.4 is 0 Å². The Hall–Kier alpha value is -4.43. The third-order valence-corrected chi connectivity index (χ3v) is 5.89. The van der Waals surface area contributed by atoms with Crippen LogP contribution in [0.1, 0.15) is 23.7 Å². The largest absolute Gasteiger partial charge is 0.507 e. The molecule has 0 radical (unpaired) electrons. The third kappa shape index (κ3) is 3.42. The number of rotatable bonds is 4. The molecule has 5 heteroatoms. The lowest BCUT2D eigenvalue weighted by Crippen LogP contribution is -2.01. The predicted octanol–water partition coefficient (Wildman–Crippen LogP) is 6.20. The first-order chi connectivity index (χ1) is 16.1. The van der Waals surface area contributed by atoms with E-state index < -0.39 is 0 Å². The molecule has 0 saturated heterocycles. The van der Waals surface area contributed by atoms with Crippen LogP contribution in [0.2, 0.25) is 0 Å². The summed E-state index contributed by atoms with van der Waals surface area (Å²) in [4.78, 5) is 5.00. The Morgan fingerprint density at radius 1 is 0.970 bits per heavy atom. The van der Waals surface area contributed by atoms with Gasteiger partial charge >= 0.3 is 0 Å². The van der Waals surface area contributed by atoms with Gasteiger partial charge in [0.05, 0.1) is 28.0 Å². The summed E-state index contributed by atoms with van der Waals surface area (Å²) in [6, 6.07) is 27.4. The van der Waals surface area contributed by atoms with Crippen molar-refractivity contribution < 1.29 is 5.11 Å². The summed E-state index contributed by atoms with van der Waals surface area (Å²) in [6.45, 7) is 4.01. The van der Waals surface area contributed by atoms with Crippen molar-refractivity contribution in [1.82, 2.24) is 14.8 Å². The van der Waals surface area contributed by atoms with E-state index in [1.807, 2.05) is 66.2 Å². The molecule has 2 heterocycles. The van der Waals surface area contributed by atoms with Crippen LogP contribution in [-0.4, -0.2) is 19.9 Å². The highest BCUT2D eigenvalue weighted by molar-refractivity contribution is 6.02.